The van der Waals surface area contributed by atoms with Gasteiger partial charge in [0.2, 0.25) is 0 Å². The Morgan fingerprint density at radius 3 is 2.69 bits per heavy atom. The maximum absolute atomic E-state index is 17.1. The van der Waals surface area contributed by atoms with Gasteiger partial charge in [-0.25, -0.2) is 14.4 Å². The second kappa shape index (κ2) is 12.1. The number of unbranched alkanes of at least 4 members (excludes halogenated alkanes) is 1. The summed E-state index contributed by atoms with van der Waals surface area (Å²) in [5, 5.41) is 16.1. The van der Waals surface area contributed by atoms with Crippen LogP contribution in [0, 0.1) is 18.2 Å². The van der Waals surface area contributed by atoms with E-state index in [1.165, 1.54) is 0 Å². The van der Waals surface area contributed by atoms with Gasteiger partial charge >= 0.3 is 0 Å². The highest BCUT2D eigenvalue weighted by Gasteiger charge is 2.34. The van der Waals surface area contributed by atoms with Crippen molar-refractivity contribution in [2.75, 3.05) is 24.5 Å². The highest BCUT2D eigenvalue weighted by molar-refractivity contribution is 6.33. The molecule has 3 heterocycles. The molecule has 5 N–H and O–H groups in total. The number of piperazine rings is 1. The zero-order valence-corrected chi connectivity index (χ0v) is 22.9. The van der Waals surface area contributed by atoms with E-state index in [4.69, 9.17) is 27.7 Å². The van der Waals surface area contributed by atoms with Gasteiger partial charge in [-0.05, 0) is 66.6 Å². The number of fused-ring (bicyclic) bond motifs is 3. The molecule has 0 radical (unpaired) electrons. The third-order valence-corrected chi connectivity index (χ3v) is 7.69. The van der Waals surface area contributed by atoms with Gasteiger partial charge in [0.1, 0.15) is 5.82 Å². The maximum Gasteiger partial charge on any atom is 0.185 e. The summed E-state index contributed by atoms with van der Waals surface area (Å²) in [6.07, 6.45) is 5.94. The number of aromatic nitrogens is 2. The number of hydrogen-bond acceptors (Lipinski definition) is 5. The van der Waals surface area contributed by atoms with E-state index >= 15 is 4.39 Å². The van der Waals surface area contributed by atoms with E-state index in [1.807, 2.05) is 37.3 Å². The third-order valence-electron chi connectivity index (χ3n) is 7.38. The molecular formula is C30H35ClFN7. The van der Waals surface area contributed by atoms with Crippen molar-refractivity contribution in [2.45, 2.75) is 51.1 Å². The Morgan fingerprint density at radius 1 is 1.15 bits per heavy atom. The third kappa shape index (κ3) is 6.40. The van der Waals surface area contributed by atoms with Crippen molar-refractivity contribution in [1.29, 1.82) is 5.41 Å². The van der Waals surface area contributed by atoms with E-state index in [-0.39, 0.29) is 11.8 Å². The van der Waals surface area contributed by atoms with Crippen molar-refractivity contribution in [1.82, 2.24) is 20.6 Å². The zero-order valence-electron chi connectivity index (χ0n) is 22.2. The van der Waals surface area contributed by atoms with Crippen LogP contribution in [-0.2, 0) is 6.42 Å². The number of guanidine groups is 1. The number of hydrogen-bond donors (Lipinski definition) is 4. The van der Waals surface area contributed by atoms with Crippen molar-refractivity contribution < 1.29 is 4.39 Å². The Balaban J connectivity index is 1.67. The van der Waals surface area contributed by atoms with Crippen molar-refractivity contribution in [3.05, 3.63) is 77.0 Å². The second-order valence-electron chi connectivity index (χ2n) is 10.4. The number of halogens is 2. The van der Waals surface area contributed by atoms with Gasteiger partial charge in [0, 0.05) is 49.9 Å². The van der Waals surface area contributed by atoms with Crippen LogP contribution in [0.1, 0.15) is 37.1 Å². The molecule has 2 bridgehead atoms. The van der Waals surface area contributed by atoms with E-state index in [2.05, 4.69) is 26.6 Å². The molecule has 2 aliphatic rings. The van der Waals surface area contributed by atoms with Gasteiger partial charge < -0.3 is 21.3 Å². The molecule has 2 fully saturated rings. The normalized spacial score (nSPS) is 18.2. The summed E-state index contributed by atoms with van der Waals surface area (Å²) in [5.41, 5.74) is 7.51. The molecule has 5 rings (SSSR count). The topological polar surface area (TPSA) is 103 Å². The van der Waals surface area contributed by atoms with Gasteiger partial charge in [-0.15, -0.1) is 0 Å². The molecule has 2 atom stereocenters. The summed E-state index contributed by atoms with van der Waals surface area (Å²) >= 11 is 6.86. The summed E-state index contributed by atoms with van der Waals surface area (Å²) in [7, 11) is 0. The Morgan fingerprint density at radius 2 is 1.92 bits per heavy atom. The predicted octanol–water partition coefficient (Wildman–Crippen LogP) is 5.27. The van der Waals surface area contributed by atoms with Crippen LogP contribution in [0.2, 0.25) is 5.02 Å². The van der Waals surface area contributed by atoms with Crippen LogP contribution >= 0.6 is 11.6 Å². The monoisotopic (exact) mass is 547 g/mol. The van der Waals surface area contributed by atoms with Crippen LogP contribution in [-0.4, -0.2) is 47.6 Å². The summed E-state index contributed by atoms with van der Waals surface area (Å²) in [5.74, 6) is 0.366. The molecule has 2 aliphatic heterocycles. The SMILES string of the molecule is Cc1cc(-c2c(Cl)cccnc(CCCCNC(=N)N)nc(N3CC4CCC(C3)N4)c2F)c2ccccc2c1. The fraction of sp³-hybridized carbons (Fsp3) is 0.367. The highest BCUT2D eigenvalue weighted by Crippen LogP contribution is 2.38. The summed E-state index contributed by atoms with van der Waals surface area (Å²) in [6, 6.07) is 16.1. The number of nitrogens with zero attached hydrogens (tertiary/aromatic N) is 3. The molecule has 39 heavy (non-hydrogen) atoms. The first-order chi connectivity index (χ1) is 18.9. The summed E-state index contributed by atoms with van der Waals surface area (Å²) in [6.45, 7) is 3.96. The molecule has 0 saturated carbocycles. The Hall–Kier alpha value is -3.49. The number of rotatable bonds is 7. The largest absolute Gasteiger partial charge is 0.370 e. The first-order valence-electron chi connectivity index (χ1n) is 13.6. The second-order valence-corrected chi connectivity index (χ2v) is 10.8. The number of nitrogens with one attached hydrogen (secondary N) is 3. The molecule has 3 aromatic rings. The molecule has 1 aromatic heterocycles. The van der Waals surface area contributed by atoms with Gasteiger partial charge in [-0.2, -0.15) is 0 Å². The van der Waals surface area contributed by atoms with E-state index in [0.717, 1.165) is 47.6 Å². The molecule has 0 spiro atoms. The van der Waals surface area contributed by atoms with Crippen LogP contribution in [0.5, 0.6) is 0 Å². The van der Waals surface area contributed by atoms with Crippen molar-refractivity contribution in [2.24, 2.45) is 5.73 Å². The van der Waals surface area contributed by atoms with Gasteiger partial charge in [0.25, 0.3) is 0 Å². The van der Waals surface area contributed by atoms with E-state index in [1.54, 1.807) is 18.3 Å². The molecule has 0 aliphatic carbocycles. The average molecular weight is 548 g/mol. The van der Waals surface area contributed by atoms with Crippen LogP contribution < -0.4 is 21.3 Å². The highest BCUT2D eigenvalue weighted by atomic mass is 35.5. The van der Waals surface area contributed by atoms with Crippen molar-refractivity contribution in [3.8, 4) is 11.1 Å². The van der Waals surface area contributed by atoms with Crippen LogP contribution in [0.15, 0.2) is 54.7 Å². The lowest BCUT2D eigenvalue weighted by Gasteiger charge is -2.34. The predicted molar refractivity (Wildman–Crippen MR) is 157 cm³/mol. The minimum Gasteiger partial charge on any atom is -0.370 e. The molecule has 204 valence electrons. The lowest BCUT2D eigenvalue weighted by Crippen LogP contribution is -2.51. The number of nitrogens with two attached hydrogens (primary N) is 1. The maximum atomic E-state index is 17.1. The number of benzene rings is 2. The van der Waals surface area contributed by atoms with Crippen LogP contribution in [0.3, 0.4) is 0 Å². The zero-order chi connectivity index (χ0) is 27.4. The molecule has 0 amide bonds. The summed E-state index contributed by atoms with van der Waals surface area (Å²) in [4.78, 5) is 11.5. The fourth-order valence-electron chi connectivity index (χ4n) is 5.60. The first-order valence-corrected chi connectivity index (χ1v) is 13.9. The quantitative estimate of drug-likeness (QED) is 0.183. The van der Waals surface area contributed by atoms with Crippen LogP contribution in [0.25, 0.3) is 21.9 Å². The Bertz CT molecular complexity index is 1420. The standard InChI is InChI=1S/C30H35ClFN7/c1-19-15-20-7-2-3-8-23(20)24(16-19)27-25(31)9-6-14-35-26(10-4-5-13-36-30(33)34)38-29(28(27)32)39-17-21-11-12-22(18-39)37-21/h2-3,6-9,14-16,21-22,37H,4-5,10-13,17-18H2,1H3,(H4,33,34,36). The Kier molecular flexibility index (Phi) is 8.43. The van der Waals surface area contributed by atoms with Gasteiger partial charge in [0.05, 0.1) is 5.02 Å². The lowest BCUT2D eigenvalue weighted by molar-refractivity contribution is 0.457. The number of anilines is 1. The van der Waals surface area contributed by atoms with Gasteiger partial charge in [0.15, 0.2) is 17.6 Å². The van der Waals surface area contributed by atoms with Gasteiger partial charge in [-0.3, -0.25) is 5.41 Å². The van der Waals surface area contributed by atoms with Crippen molar-refractivity contribution in [3.63, 3.8) is 0 Å². The molecule has 7 nitrogen and oxygen atoms in total. The average Bonchev–Trinajstić information content (AvgIpc) is 3.25. The van der Waals surface area contributed by atoms with Crippen molar-refractivity contribution >= 4 is 34.2 Å². The number of aryl methyl sites for hydroxylation is 2. The van der Waals surface area contributed by atoms with Gasteiger partial charge in [-0.1, -0.05) is 48.0 Å². The molecule has 9 heteroatoms. The lowest BCUT2D eigenvalue weighted by atomic mass is 9.96. The smallest absolute Gasteiger partial charge is 0.185 e. The molecule has 2 aromatic carbocycles. The first kappa shape index (κ1) is 27.1. The van der Waals surface area contributed by atoms with Crippen LogP contribution in [0.4, 0.5) is 10.2 Å². The minimum atomic E-state index is -0.436. The minimum absolute atomic E-state index is 0.0466. The fourth-order valence-corrected chi connectivity index (χ4v) is 5.86. The summed E-state index contributed by atoms with van der Waals surface area (Å²) < 4.78 is 17.1. The Labute approximate surface area is 233 Å². The van der Waals surface area contributed by atoms with E-state index in [0.29, 0.717) is 54.5 Å². The molecule has 2 saturated heterocycles. The van der Waals surface area contributed by atoms with E-state index < -0.39 is 5.82 Å². The van der Waals surface area contributed by atoms with E-state index in [9.17, 15) is 0 Å². The molecule has 2 unspecified atom stereocenters. The molecular weight excluding hydrogens is 513 g/mol.